The molecule has 1 atom stereocenters. The van der Waals surface area contributed by atoms with E-state index in [1.165, 1.54) is 11.8 Å². The quantitative estimate of drug-likeness (QED) is 0.344. The predicted molar refractivity (Wildman–Crippen MR) is 130 cm³/mol. The lowest BCUT2D eigenvalue weighted by molar-refractivity contribution is -0.144. The van der Waals surface area contributed by atoms with Crippen molar-refractivity contribution in [2.45, 2.75) is 59.0 Å². The van der Waals surface area contributed by atoms with Gasteiger partial charge in [-0.05, 0) is 37.0 Å². The second-order valence-corrected chi connectivity index (χ2v) is 8.23. The first-order valence-electron chi connectivity index (χ1n) is 11.3. The molecule has 1 aromatic heterocycles. The van der Waals surface area contributed by atoms with Gasteiger partial charge in [-0.2, -0.15) is 4.98 Å². The van der Waals surface area contributed by atoms with Crippen molar-refractivity contribution in [3.05, 3.63) is 40.6 Å². The van der Waals surface area contributed by atoms with Crippen molar-refractivity contribution in [2.75, 3.05) is 31.3 Å². The van der Waals surface area contributed by atoms with Gasteiger partial charge in [0.15, 0.2) is 0 Å². The molecule has 0 aliphatic heterocycles. The van der Waals surface area contributed by atoms with E-state index in [4.69, 9.17) is 15.6 Å². The summed E-state index contributed by atoms with van der Waals surface area (Å²) in [5.41, 5.74) is 9.17. The largest absolute Gasteiger partial charge is 0.496 e. The normalized spacial score (nSPS) is 11.7. The third-order valence-electron chi connectivity index (χ3n) is 5.55. The fourth-order valence-corrected chi connectivity index (χ4v) is 3.82. The fraction of sp³-hybridized carbons (Fsp3) is 0.500. The maximum absolute atomic E-state index is 11.8. The summed E-state index contributed by atoms with van der Waals surface area (Å²) in [6.07, 6.45) is 2.91. The Bertz CT molecular complexity index is 992. The molecule has 10 heteroatoms. The maximum Gasteiger partial charge on any atom is 0.323 e. The molecule has 1 heterocycles. The molecular weight excluding hydrogens is 438 g/mol. The lowest BCUT2D eigenvalue weighted by atomic mass is 10.0. The smallest absolute Gasteiger partial charge is 0.323 e. The van der Waals surface area contributed by atoms with E-state index >= 15 is 0 Å². The van der Waals surface area contributed by atoms with Crippen molar-refractivity contribution in [3.63, 3.8) is 0 Å². The molecule has 5 N–H and O–H groups in total. The minimum atomic E-state index is -1.07. The molecule has 34 heavy (non-hydrogen) atoms. The summed E-state index contributed by atoms with van der Waals surface area (Å²) >= 11 is 0. The van der Waals surface area contributed by atoms with Crippen LogP contribution < -0.4 is 15.8 Å². The summed E-state index contributed by atoms with van der Waals surface area (Å²) < 4.78 is 5.60. The number of methoxy groups -OCH3 is 1. The number of carbonyl (C=O) groups excluding carboxylic acids is 1. The zero-order valence-electron chi connectivity index (χ0n) is 20.3. The monoisotopic (exact) mass is 473 g/mol. The molecule has 0 radical (unpaired) electrons. The van der Waals surface area contributed by atoms with Crippen LogP contribution in [0.4, 0.5) is 11.8 Å². The SMILES string of the molecule is CCCC(CCO)Nc1nc(N)nc(C)c1Cc1ccc(CN(CC(=O)O)C(C)=O)cc1OC. The highest BCUT2D eigenvalue weighted by atomic mass is 16.5. The molecule has 1 aromatic carbocycles. The third-order valence-corrected chi connectivity index (χ3v) is 5.55. The molecule has 0 bridgehead atoms. The number of nitrogens with one attached hydrogen (secondary N) is 1. The lowest BCUT2D eigenvalue weighted by Crippen LogP contribution is -2.33. The highest BCUT2D eigenvalue weighted by molar-refractivity contribution is 5.79. The topological polar surface area (TPSA) is 151 Å². The predicted octanol–water partition coefficient (Wildman–Crippen LogP) is 2.36. The number of nitrogens with zero attached hydrogens (tertiary/aromatic N) is 3. The van der Waals surface area contributed by atoms with Crippen LogP contribution in [0.15, 0.2) is 18.2 Å². The standard InChI is InChI=1S/C24H35N5O5/c1-5-6-19(9-10-30)27-23-20(15(2)26-24(25)28-23)12-18-8-7-17(11-21(18)34-4)13-29(16(3)31)14-22(32)33/h7-8,11,19,30H,5-6,9-10,12-14H2,1-4H3,(H,32,33)(H3,25,26,27,28). The Morgan fingerprint density at radius 2 is 2.00 bits per heavy atom. The molecule has 10 nitrogen and oxygen atoms in total. The van der Waals surface area contributed by atoms with Gasteiger partial charge in [-0.25, -0.2) is 4.98 Å². The second kappa shape index (κ2) is 12.7. The van der Waals surface area contributed by atoms with Crippen molar-refractivity contribution in [3.8, 4) is 5.75 Å². The van der Waals surface area contributed by atoms with E-state index in [-0.39, 0.29) is 37.6 Å². The molecule has 0 aliphatic rings. The molecule has 0 saturated heterocycles. The average molecular weight is 474 g/mol. The molecule has 0 aliphatic carbocycles. The number of carboxylic acids is 1. The first-order valence-corrected chi connectivity index (χ1v) is 11.3. The summed E-state index contributed by atoms with van der Waals surface area (Å²) in [4.78, 5) is 32.9. The van der Waals surface area contributed by atoms with Gasteiger partial charge in [0, 0.05) is 43.8 Å². The van der Waals surface area contributed by atoms with Gasteiger partial charge in [0.1, 0.15) is 18.1 Å². The molecule has 1 amide bonds. The van der Waals surface area contributed by atoms with Crippen LogP contribution in [0.2, 0.25) is 0 Å². The van der Waals surface area contributed by atoms with E-state index in [0.29, 0.717) is 24.4 Å². The van der Waals surface area contributed by atoms with Crippen LogP contribution in [0.5, 0.6) is 5.75 Å². The van der Waals surface area contributed by atoms with Crippen molar-refractivity contribution in [1.82, 2.24) is 14.9 Å². The number of nitrogen functional groups attached to an aromatic ring is 1. The minimum Gasteiger partial charge on any atom is -0.496 e. The highest BCUT2D eigenvalue weighted by Gasteiger charge is 2.18. The lowest BCUT2D eigenvalue weighted by Gasteiger charge is -2.22. The number of hydrogen-bond acceptors (Lipinski definition) is 8. The number of benzene rings is 1. The van der Waals surface area contributed by atoms with Gasteiger partial charge in [0.25, 0.3) is 0 Å². The Hall–Kier alpha value is -3.40. The van der Waals surface area contributed by atoms with E-state index in [2.05, 4.69) is 22.2 Å². The number of amides is 1. The maximum atomic E-state index is 11.8. The molecule has 1 unspecified atom stereocenters. The zero-order valence-corrected chi connectivity index (χ0v) is 20.3. The first-order chi connectivity index (χ1) is 16.2. The van der Waals surface area contributed by atoms with Crippen LogP contribution in [0.25, 0.3) is 0 Å². The van der Waals surface area contributed by atoms with Crippen molar-refractivity contribution in [1.29, 1.82) is 0 Å². The van der Waals surface area contributed by atoms with Crippen LogP contribution in [-0.2, 0) is 22.6 Å². The number of aryl methyl sites for hydroxylation is 1. The summed E-state index contributed by atoms with van der Waals surface area (Å²) in [7, 11) is 1.56. The van der Waals surface area contributed by atoms with Crippen molar-refractivity contribution >= 4 is 23.6 Å². The van der Waals surface area contributed by atoms with Crippen LogP contribution in [0.3, 0.4) is 0 Å². The Morgan fingerprint density at radius 3 is 2.59 bits per heavy atom. The minimum absolute atomic E-state index is 0.0542. The third kappa shape index (κ3) is 7.58. The van der Waals surface area contributed by atoms with Crippen LogP contribution in [-0.4, -0.2) is 63.3 Å². The van der Waals surface area contributed by atoms with Crippen LogP contribution in [0.1, 0.15) is 55.5 Å². The van der Waals surface area contributed by atoms with Gasteiger partial charge in [-0.1, -0.05) is 25.5 Å². The highest BCUT2D eigenvalue weighted by Crippen LogP contribution is 2.28. The number of ether oxygens (including phenoxy) is 1. The number of aliphatic hydroxyl groups is 1. The molecule has 0 fully saturated rings. The summed E-state index contributed by atoms with van der Waals surface area (Å²) in [6, 6.07) is 5.60. The molecule has 186 valence electrons. The number of aliphatic carboxylic acids is 1. The van der Waals surface area contributed by atoms with Gasteiger partial charge in [0.2, 0.25) is 11.9 Å². The summed E-state index contributed by atoms with van der Waals surface area (Å²) in [6.45, 7) is 5.16. The number of aromatic nitrogens is 2. The first kappa shape index (κ1) is 26.8. The number of nitrogens with two attached hydrogens (primary N) is 1. The fourth-order valence-electron chi connectivity index (χ4n) is 3.82. The summed E-state index contributed by atoms with van der Waals surface area (Å²) in [5.74, 6) is 0.0276. The average Bonchev–Trinajstić information content (AvgIpc) is 2.76. The molecular formula is C24H35N5O5. The van der Waals surface area contributed by atoms with E-state index in [0.717, 1.165) is 35.2 Å². The van der Waals surface area contributed by atoms with Crippen LogP contribution >= 0.6 is 0 Å². The van der Waals surface area contributed by atoms with Gasteiger partial charge in [-0.15, -0.1) is 0 Å². The molecule has 0 spiro atoms. The Labute approximate surface area is 200 Å². The number of rotatable bonds is 13. The number of aliphatic hydroxyl groups excluding tert-OH is 1. The van der Waals surface area contributed by atoms with Crippen LogP contribution in [0, 0.1) is 6.92 Å². The second-order valence-electron chi connectivity index (χ2n) is 8.23. The molecule has 2 rings (SSSR count). The number of carbonyl (C=O) groups is 2. The van der Waals surface area contributed by atoms with Gasteiger partial charge in [0.05, 0.1) is 7.11 Å². The summed E-state index contributed by atoms with van der Waals surface area (Å²) in [5, 5.41) is 21.9. The van der Waals surface area contributed by atoms with E-state index in [1.54, 1.807) is 13.2 Å². The number of anilines is 2. The van der Waals surface area contributed by atoms with E-state index in [9.17, 15) is 14.7 Å². The number of carboxylic acid groups (broad SMARTS) is 1. The molecule has 0 saturated carbocycles. The van der Waals surface area contributed by atoms with Gasteiger partial charge < -0.3 is 30.9 Å². The Morgan fingerprint density at radius 1 is 1.26 bits per heavy atom. The van der Waals surface area contributed by atoms with Gasteiger partial charge >= 0.3 is 5.97 Å². The Balaban J connectivity index is 2.35. The van der Waals surface area contributed by atoms with Crippen molar-refractivity contribution in [2.24, 2.45) is 0 Å². The van der Waals surface area contributed by atoms with Crippen molar-refractivity contribution < 1.29 is 24.5 Å². The number of hydrogen-bond donors (Lipinski definition) is 4. The van der Waals surface area contributed by atoms with Gasteiger partial charge in [-0.3, -0.25) is 9.59 Å². The Kier molecular flexibility index (Phi) is 10.1. The molecule has 2 aromatic rings. The van der Waals surface area contributed by atoms with E-state index < -0.39 is 5.97 Å². The zero-order chi connectivity index (χ0) is 25.3. The van der Waals surface area contributed by atoms with E-state index in [1.807, 2.05) is 19.1 Å².